The minimum absolute atomic E-state index is 0.0847. The van der Waals surface area contributed by atoms with Gasteiger partial charge in [-0.2, -0.15) is 0 Å². The molecule has 1 unspecified atom stereocenters. The van der Waals surface area contributed by atoms with E-state index in [1.807, 2.05) is 0 Å². The third-order valence-corrected chi connectivity index (χ3v) is 11.0. The molecule has 8 rings (SSSR count). The summed E-state index contributed by atoms with van der Waals surface area (Å²) in [5.41, 5.74) is 0.832. The Labute approximate surface area is 220 Å². The molecule has 1 N–H and O–H groups in total. The number of carbonyl (C=O) groups excluding carboxylic acids is 1. The van der Waals surface area contributed by atoms with Crippen LogP contribution in [0.5, 0.6) is 0 Å². The molecule has 1 aromatic rings. The SMILES string of the molecule is COC(O[C@@H]1[C@@]2(C(C)C)O[C@H]2[C@@H]2O[C@]23[C@]12O[C@H]2C[C@H]1C2=C(CC[C@@]13C)C(=O)OC2)c1ccc(C(=O)O)cc1. The van der Waals surface area contributed by atoms with Crippen LogP contribution in [0.25, 0.3) is 0 Å². The van der Waals surface area contributed by atoms with E-state index in [2.05, 4.69) is 20.8 Å². The van der Waals surface area contributed by atoms with E-state index in [0.717, 1.165) is 29.6 Å². The number of cyclic esters (lactones) is 1. The maximum absolute atomic E-state index is 12.4. The molecule has 202 valence electrons. The van der Waals surface area contributed by atoms with Crippen LogP contribution in [0.2, 0.25) is 0 Å². The number of esters is 1. The topological polar surface area (TPSA) is 120 Å². The average molecular weight is 525 g/mol. The highest BCUT2D eigenvalue weighted by atomic mass is 16.8. The fourth-order valence-electron chi connectivity index (χ4n) is 9.05. The van der Waals surface area contributed by atoms with Gasteiger partial charge in [-0.05, 0) is 48.8 Å². The molecular formula is C29H32O9. The first-order valence-electron chi connectivity index (χ1n) is 13.6. The molecule has 38 heavy (non-hydrogen) atoms. The lowest BCUT2D eigenvalue weighted by molar-refractivity contribution is -0.217. The zero-order valence-electron chi connectivity index (χ0n) is 21.9. The number of carboxylic acid groups (broad SMARTS) is 1. The van der Waals surface area contributed by atoms with E-state index in [-0.39, 0.29) is 47.1 Å². The van der Waals surface area contributed by atoms with Crippen LogP contribution in [0.3, 0.4) is 0 Å². The summed E-state index contributed by atoms with van der Waals surface area (Å²) in [4.78, 5) is 23.8. The summed E-state index contributed by atoms with van der Waals surface area (Å²) in [5, 5.41) is 9.32. The van der Waals surface area contributed by atoms with Gasteiger partial charge in [-0.1, -0.05) is 32.9 Å². The third-order valence-electron chi connectivity index (χ3n) is 11.0. The van der Waals surface area contributed by atoms with Crippen LogP contribution in [-0.4, -0.2) is 72.0 Å². The van der Waals surface area contributed by atoms with E-state index in [1.165, 1.54) is 0 Å². The highest BCUT2D eigenvalue weighted by Gasteiger charge is 3.00. The van der Waals surface area contributed by atoms with Crippen molar-refractivity contribution in [2.24, 2.45) is 17.3 Å². The summed E-state index contributed by atoms with van der Waals surface area (Å²) in [6.45, 7) is 6.96. The fourth-order valence-corrected chi connectivity index (χ4v) is 9.05. The minimum atomic E-state index is -0.983. The zero-order chi connectivity index (χ0) is 26.4. The second-order valence-corrected chi connectivity index (χ2v) is 12.5. The van der Waals surface area contributed by atoms with Crippen molar-refractivity contribution in [1.29, 1.82) is 0 Å². The highest BCUT2D eigenvalue weighted by Crippen LogP contribution is 2.83. The molecule has 0 amide bonds. The number of hydrogen-bond acceptors (Lipinski definition) is 8. The van der Waals surface area contributed by atoms with Gasteiger partial charge >= 0.3 is 11.9 Å². The summed E-state index contributed by atoms with van der Waals surface area (Å²) in [6, 6.07) is 6.58. The second kappa shape index (κ2) is 7.06. The van der Waals surface area contributed by atoms with Crippen LogP contribution in [0, 0.1) is 17.3 Å². The van der Waals surface area contributed by atoms with Crippen LogP contribution in [0.4, 0.5) is 0 Å². The fraction of sp³-hybridized carbons (Fsp3) is 0.655. The summed E-state index contributed by atoms with van der Waals surface area (Å²) in [6.07, 6.45) is 0.824. The molecule has 2 spiro atoms. The van der Waals surface area contributed by atoms with Gasteiger partial charge < -0.3 is 33.5 Å². The first-order valence-corrected chi connectivity index (χ1v) is 13.6. The van der Waals surface area contributed by atoms with Crippen molar-refractivity contribution in [3.8, 4) is 0 Å². The molecule has 4 heterocycles. The van der Waals surface area contributed by atoms with E-state index in [4.69, 9.17) is 28.4 Å². The average Bonchev–Trinajstić information content (AvgIpc) is 3.80. The van der Waals surface area contributed by atoms with Gasteiger partial charge in [-0.25, -0.2) is 9.59 Å². The monoisotopic (exact) mass is 524 g/mol. The molecule has 1 aromatic carbocycles. The van der Waals surface area contributed by atoms with E-state index < -0.39 is 35.2 Å². The van der Waals surface area contributed by atoms with Crippen molar-refractivity contribution in [1.82, 2.24) is 0 Å². The van der Waals surface area contributed by atoms with E-state index in [9.17, 15) is 14.7 Å². The highest BCUT2D eigenvalue weighted by molar-refractivity contribution is 5.92. The summed E-state index contributed by atoms with van der Waals surface area (Å²) < 4.78 is 38.3. The number of epoxide rings is 3. The molecule has 0 bridgehead atoms. The summed E-state index contributed by atoms with van der Waals surface area (Å²) in [5.74, 6) is -0.856. The maximum Gasteiger partial charge on any atom is 0.335 e. The number of methoxy groups -OCH3 is 1. The van der Waals surface area contributed by atoms with Crippen LogP contribution in [0.15, 0.2) is 35.4 Å². The summed E-state index contributed by atoms with van der Waals surface area (Å²) in [7, 11) is 1.59. The van der Waals surface area contributed by atoms with Crippen LogP contribution >= 0.6 is 0 Å². The maximum atomic E-state index is 12.4. The van der Waals surface area contributed by atoms with Crippen LogP contribution < -0.4 is 0 Å². The lowest BCUT2D eigenvalue weighted by atomic mass is 9.46. The van der Waals surface area contributed by atoms with Gasteiger partial charge in [0.25, 0.3) is 0 Å². The van der Waals surface area contributed by atoms with Crippen molar-refractivity contribution >= 4 is 11.9 Å². The second-order valence-electron chi connectivity index (χ2n) is 12.5. The van der Waals surface area contributed by atoms with Crippen molar-refractivity contribution in [2.75, 3.05) is 13.7 Å². The molecule has 3 saturated heterocycles. The van der Waals surface area contributed by atoms with Gasteiger partial charge in [0, 0.05) is 23.7 Å². The standard InChI is InChI=1S/C29H32O9/c1-13(2)27-20(37-27)21-29(38-21)26(3)10-9-16-17(12-34-23(16)32)18(26)11-19-28(29,36-19)25(27)35-24(33-4)15-7-5-14(6-8-15)22(30)31/h5-8,13,18-21,24-25H,9-12H2,1-4H3,(H,30,31)/t18-,19-,20-,21-,24?,25+,26-,27-,28+,29+/m0/s1. The normalized spacial score (nSPS) is 47.6. The molecule has 9 nitrogen and oxygen atoms in total. The Balaban J connectivity index is 1.20. The van der Waals surface area contributed by atoms with Crippen LogP contribution in [-0.2, 0) is 33.2 Å². The Hall–Kier alpha value is -2.30. The molecule has 10 atom stereocenters. The first-order chi connectivity index (χ1) is 18.2. The molecule has 4 aliphatic heterocycles. The number of rotatable bonds is 6. The van der Waals surface area contributed by atoms with Gasteiger partial charge in [0.2, 0.25) is 0 Å². The number of fused-ring (bicyclic) bond motifs is 4. The lowest BCUT2D eigenvalue weighted by Crippen LogP contribution is -2.69. The summed E-state index contributed by atoms with van der Waals surface area (Å²) >= 11 is 0. The Bertz CT molecular complexity index is 1300. The van der Waals surface area contributed by atoms with E-state index in [0.29, 0.717) is 13.0 Å². The molecule has 3 aliphatic carbocycles. The molecule has 0 aromatic heterocycles. The third kappa shape index (κ3) is 2.43. The van der Waals surface area contributed by atoms with Gasteiger partial charge in [-0.15, -0.1) is 0 Å². The quantitative estimate of drug-likeness (QED) is 0.340. The Morgan fingerprint density at radius 1 is 1.13 bits per heavy atom. The molecule has 5 fully saturated rings. The number of benzene rings is 1. The first kappa shape index (κ1) is 23.6. The number of ether oxygens (including phenoxy) is 6. The minimum Gasteiger partial charge on any atom is -0.478 e. The van der Waals surface area contributed by atoms with Gasteiger partial charge in [0.15, 0.2) is 11.9 Å². The van der Waals surface area contributed by atoms with Crippen molar-refractivity contribution < 1.29 is 43.1 Å². The Morgan fingerprint density at radius 3 is 2.58 bits per heavy atom. The molecular weight excluding hydrogens is 492 g/mol. The number of carboxylic acids is 1. The smallest absolute Gasteiger partial charge is 0.335 e. The largest absolute Gasteiger partial charge is 0.478 e. The zero-order valence-corrected chi connectivity index (χ0v) is 21.9. The van der Waals surface area contributed by atoms with Crippen LogP contribution in [0.1, 0.15) is 62.2 Å². The number of carbonyl (C=O) groups is 2. The van der Waals surface area contributed by atoms with Gasteiger partial charge in [0.1, 0.15) is 36.1 Å². The van der Waals surface area contributed by atoms with E-state index in [1.54, 1.807) is 31.4 Å². The van der Waals surface area contributed by atoms with Crippen molar-refractivity contribution in [2.45, 2.75) is 87.5 Å². The Morgan fingerprint density at radius 2 is 1.89 bits per heavy atom. The number of aromatic carboxylic acids is 1. The Kier molecular flexibility index (Phi) is 4.38. The van der Waals surface area contributed by atoms with E-state index >= 15 is 0 Å². The lowest BCUT2D eigenvalue weighted by Gasteiger charge is -2.54. The molecule has 2 saturated carbocycles. The number of hydrogen-bond donors (Lipinski definition) is 1. The molecule has 0 radical (unpaired) electrons. The predicted molar refractivity (Wildman–Crippen MR) is 129 cm³/mol. The predicted octanol–water partition coefficient (Wildman–Crippen LogP) is 3.17. The van der Waals surface area contributed by atoms with Crippen molar-refractivity contribution in [3.05, 3.63) is 46.5 Å². The van der Waals surface area contributed by atoms with Crippen molar-refractivity contribution in [3.63, 3.8) is 0 Å². The van der Waals surface area contributed by atoms with Gasteiger partial charge in [-0.3, -0.25) is 0 Å². The van der Waals surface area contributed by atoms with Gasteiger partial charge in [0.05, 0.1) is 11.7 Å². The molecule has 9 heteroatoms. The molecule has 7 aliphatic rings.